The standard InChI is InChI=1S/C12H18N2OS/c1-8-12(7-13-2)16-11-5-4-9(15-3)6-10(11)14-8/h4-6,8,12-14H,7H2,1-3H3. The van der Waals surface area contributed by atoms with E-state index in [1.165, 1.54) is 10.6 Å². The third-order valence-electron chi connectivity index (χ3n) is 2.81. The minimum absolute atomic E-state index is 0.469. The van der Waals surface area contributed by atoms with E-state index >= 15 is 0 Å². The number of hydrogen-bond donors (Lipinski definition) is 2. The van der Waals surface area contributed by atoms with Crippen molar-refractivity contribution in [3.63, 3.8) is 0 Å². The molecular formula is C12H18N2OS. The molecule has 0 spiro atoms. The Hall–Kier alpha value is -0.870. The predicted octanol–water partition coefficient (Wildman–Crippen LogP) is 2.19. The molecule has 4 heteroatoms. The number of benzene rings is 1. The van der Waals surface area contributed by atoms with Crippen LogP contribution in [-0.4, -0.2) is 32.0 Å². The topological polar surface area (TPSA) is 33.3 Å². The fourth-order valence-electron chi connectivity index (χ4n) is 1.87. The van der Waals surface area contributed by atoms with Crippen molar-refractivity contribution in [3.8, 4) is 5.75 Å². The Labute approximate surface area is 101 Å². The molecule has 88 valence electrons. The molecule has 1 aliphatic rings. The fraction of sp³-hybridized carbons (Fsp3) is 0.500. The van der Waals surface area contributed by atoms with Crippen molar-refractivity contribution >= 4 is 17.4 Å². The van der Waals surface area contributed by atoms with E-state index < -0.39 is 0 Å². The Kier molecular flexibility index (Phi) is 3.61. The van der Waals surface area contributed by atoms with Gasteiger partial charge in [-0.1, -0.05) is 0 Å². The molecule has 16 heavy (non-hydrogen) atoms. The third kappa shape index (κ3) is 2.28. The zero-order valence-corrected chi connectivity index (χ0v) is 10.7. The van der Waals surface area contributed by atoms with Gasteiger partial charge in [0.05, 0.1) is 12.8 Å². The molecule has 3 nitrogen and oxygen atoms in total. The van der Waals surface area contributed by atoms with Gasteiger partial charge in [0, 0.05) is 28.8 Å². The normalized spacial score (nSPS) is 23.4. The number of fused-ring (bicyclic) bond motifs is 1. The van der Waals surface area contributed by atoms with Crippen LogP contribution < -0.4 is 15.4 Å². The lowest BCUT2D eigenvalue weighted by molar-refractivity contribution is 0.414. The van der Waals surface area contributed by atoms with Crippen molar-refractivity contribution < 1.29 is 4.74 Å². The van der Waals surface area contributed by atoms with E-state index in [0.717, 1.165) is 12.3 Å². The Morgan fingerprint density at radius 1 is 1.50 bits per heavy atom. The van der Waals surface area contributed by atoms with Crippen LogP contribution in [-0.2, 0) is 0 Å². The molecule has 2 N–H and O–H groups in total. The lowest BCUT2D eigenvalue weighted by Crippen LogP contribution is -2.38. The first-order valence-corrected chi connectivity index (χ1v) is 6.38. The number of anilines is 1. The number of nitrogens with one attached hydrogen (secondary N) is 2. The van der Waals surface area contributed by atoms with Gasteiger partial charge in [0.1, 0.15) is 5.75 Å². The molecular weight excluding hydrogens is 220 g/mol. The molecule has 0 aromatic heterocycles. The number of ether oxygens (including phenoxy) is 1. The quantitative estimate of drug-likeness (QED) is 0.845. The molecule has 0 radical (unpaired) electrons. The number of hydrogen-bond acceptors (Lipinski definition) is 4. The van der Waals surface area contributed by atoms with Crippen LogP contribution in [0.1, 0.15) is 6.92 Å². The number of rotatable bonds is 3. The minimum Gasteiger partial charge on any atom is -0.497 e. The van der Waals surface area contributed by atoms with Crippen molar-refractivity contribution in [3.05, 3.63) is 18.2 Å². The molecule has 0 aliphatic carbocycles. The van der Waals surface area contributed by atoms with Gasteiger partial charge in [-0.15, -0.1) is 11.8 Å². The van der Waals surface area contributed by atoms with Crippen LogP contribution >= 0.6 is 11.8 Å². The second-order valence-corrected chi connectivity index (χ2v) is 5.29. The summed E-state index contributed by atoms with van der Waals surface area (Å²) in [5.41, 5.74) is 1.18. The fourth-order valence-corrected chi connectivity index (χ4v) is 3.11. The number of methoxy groups -OCH3 is 1. The summed E-state index contributed by atoms with van der Waals surface area (Å²) in [6.07, 6.45) is 0. The van der Waals surface area contributed by atoms with Gasteiger partial charge in [-0.2, -0.15) is 0 Å². The van der Waals surface area contributed by atoms with E-state index in [-0.39, 0.29) is 0 Å². The maximum atomic E-state index is 5.23. The van der Waals surface area contributed by atoms with Crippen molar-refractivity contribution in [1.82, 2.24) is 5.32 Å². The highest BCUT2D eigenvalue weighted by Gasteiger charge is 2.25. The Balaban J connectivity index is 2.20. The largest absolute Gasteiger partial charge is 0.497 e. The maximum absolute atomic E-state index is 5.23. The van der Waals surface area contributed by atoms with Gasteiger partial charge in [0.25, 0.3) is 0 Å². The van der Waals surface area contributed by atoms with Crippen LogP contribution in [0.25, 0.3) is 0 Å². The van der Waals surface area contributed by atoms with Crippen LogP contribution in [0.3, 0.4) is 0 Å². The first-order valence-electron chi connectivity index (χ1n) is 5.50. The molecule has 1 heterocycles. The van der Waals surface area contributed by atoms with E-state index in [1.54, 1.807) is 7.11 Å². The van der Waals surface area contributed by atoms with Crippen LogP contribution in [0.15, 0.2) is 23.1 Å². The average molecular weight is 238 g/mol. The molecule has 2 rings (SSSR count). The van der Waals surface area contributed by atoms with E-state index in [2.05, 4.69) is 29.7 Å². The van der Waals surface area contributed by atoms with E-state index in [1.807, 2.05) is 24.9 Å². The van der Waals surface area contributed by atoms with Gasteiger partial charge < -0.3 is 15.4 Å². The van der Waals surface area contributed by atoms with E-state index in [0.29, 0.717) is 11.3 Å². The molecule has 1 aromatic rings. The molecule has 0 saturated carbocycles. The van der Waals surface area contributed by atoms with Crippen molar-refractivity contribution in [1.29, 1.82) is 0 Å². The highest BCUT2D eigenvalue weighted by atomic mass is 32.2. The van der Waals surface area contributed by atoms with Gasteiger partial charge in [0.15, 0.2) is 0 Å². The molecule has 0 saturated heterocycles. The SMILES string of the molecule is CNCC1Sc2ccc(OC)cc2NC1C. The predicted molar refractivity (Wildman–Crippen MR) is 69.7 cm³/mol. The zero-order valence-electron chi connectivity index (χ0n) is 9.91. The van der Waals surface area contributed by atoms with Crippen LogP contribution in [0.5, 0.6) is 5.75 Å². The third-order valence-corrected chi connectivity index (χ3v) is 4.30. The summed E-state index contributed by atoms with van der Waals surface area (Å²) < 4.78 is 5.23. The van der Waals surface area contributed by atoms with Gasteiger partial charge >= 0.3 is 0 Å². The summed E-state index contributed by atoms with van der Waals surface area (Å²) in [5.74, 6) is 0.908. The lowest BCUT2D eigenvalue weighted by atomic mass is 10.2. The highest BCUT2D eigenvalue weighted by Crippen LogP contribution is 2.39. The molecule has 1 aliphatic heterocycles. The average Bonchev–Trinajstić information content (AvgIpc) is 2.30. The van der Waals surface area contributed by atoms with Crippen LogP contribution in [0.2, 0.25) is 0 Å². The van der Waals surface area contributed by atoms with Crippen molar-refractivity contribution in [2.45, 2.75) is 23.1 Å². The summed E-state index contributed by atoms with van der Waals surface area (Å²) >= 11 is 1.93. The lowest BCUT2D eigenvalue weighted by Gasteiger charge is -2.32. The van der Waals surface area contributed by atoms with Crippen LogP contribution in [0.4, 0.5) is 5.69 Å². The first kappa shape index (κ1) is 11.6. The number of thioether (sulfide) groups is 1. The van der Waals surface area contributed by atoms with Crippen LogP contribution in [0, 0.1) is 0 Å². The Bertz CT molecular complexity index is 370. The maximum Gasteiger partial charge on any atom is 0.121 e. The van der Waals surface area contributed by atoms with E-state index in [9.17, 15) is 0 Å². The summed E-state index contributed by atoms with van der Waals surface area (Å²) in [4.78, 5) is 1.30. The molecule has 0 amide bonds. The summed E-state index contributed by atoms with van der Waals surface area (Å²) in [6, 6.07) is 6.67. The van der Waals surface area contributed by atoms with Crippen molar-refractivity contribution in [2.24, 2.45) is 0 Å². The minimum atomic E-state index is 0.469. The molecule has 0 fully saturated rings. The summed E-state index contributed by atoms with van der Waals surface area (Å²) in [7, 11) is 3.70. The summed E-state index contributed by atoms with van der Waals surface area (Å²) in [6.45, 7) is 3.24. The second kappa shape index (κ2) is 4.97. The molecule has 2 unspecified atom stereocenters. The molecule has 2 atom stereocenters. The molecule has 0 bridgehead atoms. The van der Waals surface area contributed by atoms with Gasteiger partial charge in [0.2, 0.25) is 0 Å². The monoisotopic (exact) mass is 238 g/mol. The Morgan fingerprint density at radius 2 is 2.31 bits per heavy atom. The van der Waals surface area contributed by atoms with Gasteiger partial charge in [-0.25, -0.2) is 0 Å². The van der Waals surface area contributed by atoms with E-state index in [4.69, 9.17) is 4.74 Å². The molecule has 1 aromatic carbocycles. The second-order valence-electron chi connectivity index (χ2n) is 4.01. The summed E-state index contributed by atoms with van der Waals surface area (Å²) in [5, 5.41) is 7.34. The zero-order chi connectivity index (χ0) is 11.5. The van der Waals surface area contributed by atoms with Gasteiger partial charge in [-0.05, 0) is 26.1 Å². The first-order chi connectivity index (χ1) is 7.74. The van der Waals surface area contributed by atoms with Gasteiger partial charge in [-0.3, -0.25) is 0 Å². The smallest absolute Gasteiger partial charge is 0.121 e. The highest BCUT2D eigenvalue weighted by molar-refractivity contribution is 8.00. The van der Waals surface area contributed by atoms with Crippen molar-refractivity contribution in [2.75, 3.05) is 26.0 Å². The Morgan fingerprint density at radius 3 is 3.00 bits per heavy atom.